The second kappa shape index (κ2) is 3.54. The first-order valence-electron chi connectivity index (χ1n) is 4.54. The minimum Gasteiger partial charge on any atom is -0.493 e. The summed E-state index contributed by atoms with van der Waals surface area (Å²) in [6.07, 6.45) is 0.664. The molecule has 0 atom stereocenters. The fourth-order valence-electron chi connectivity index (χ4n) is 1.44. The molecule has 0 saturated carbocycles. The Kier molecular flexibility index (Phi) is 2.23. The summed E-state index contributed by atoms with van der Waals surface area (Å²) in [6, 6.07) is 9.96. The Morgan fingerprint density at radius 2 is 2.00 bits per heavy atom. The molecule has 2 aromatic rings. The summed E-state index contributed by atoms with van der Waals surface area (Å²) in [6.45, 7) is 1.83. The molecule has 14 heavy (non-hydrogen) atoms. The molecule has 0 aliphatic heterocycles. The highest BCUT2D eigenvalue weighted by molar-refractivity contribution is 5.27. The first kappa shape index (κ1) is 8.81. The summed E-state index contributed by atoms with van der Waals surface area (Å²) in [5.41, 5.74) is 1.85. The predicted molar refractivity (Wildman–Crippen MR) is 54.2 cm³/mol. The van der Waals surface area contributed by atoms with E-state index in [4.69, 9.17) is 0 Å². The topological polar surface area (TPSA) is 48.9 Å². The molecule has 3 nitrogen and oxygen atoms in total. The number of aromatic nitrogens is 2. The number of hydrogen-bond donors (Lipinski definition) is 2. The van der Waals surface area contributed by atoms with Crippen LogP contribution in [0.2, 0.25) is 0 Å². The molecule has 1 aromatic heterocycles. The maximum absolute atomic E-state index is 9.47. The average molecular weight is 188 g/mol. The van der Waals surface area contributed by atoms with Gasteiger partial charge in [0.15, 0.2) is 0 Å². The fourth-order valence-corrected chi connectivity index (χ4v) is 1.44. The van der Waals surface area contributed by atoms with Gasteiger partial charge >= 0.3 is 0 Å². The van der Waals surface area contributed by atoms with Gasteiger partial charge in [0.1, 0.15) is 11.5 Å². The Morgan fingerprint density at radius 3 is 2.57 bits per heavy atom. The molecule has 72 valence electrons. The van der Waals surface area contributed by atoms with Crippen LogP contribution in [0.15, 0.2) is 30.3 Å². The molecular formula is C11H12N2O. The zero-order valence-electron chi connectivity index (χ0n) is 7.99. The van der Waals surface area contributed by atoms with Crippen molar-refractivity contribution >= 4 is 0 Å². The van der Waals surface area contributed by atoms with Crippen LogP contribution >= 0.6 is 0 Å². The van der Waals surface area contributed by atoms with Crippen LogP contribution in [0.4, 0.5) is 0 Å². The zero-order chi connectivity index (χ0) is 9.97. The molecule has 1 heterocycles. The van der Waals surface area contributed by atoms with Crippen molar-refractivity contribution in [3.05, 3.63) is 47.4 Å². The van der Waals surface area contributed by atoms with E-state index in [9.17, 15) is 5.11 Å². The first-order valence-corrected chi connectivity index (χ1v) is 4.54. The Morgan fingerprint density at radius 1 is 1.29 bits per heavy atom. The molecule has 0 amide bonds. The van der Waals surface area contributed by atoms with E-state index < -0.39 is 0 Å². The van der Waals surface area contributed by atoms with Gasteiger partial charge in [0.2, 0.25) is 5.88 Å². The summed E-state index contributed by atoms with van der Waals surface area (Å²) in [4.78, 5) is 6.97. The molecule has 3 heteroatoms. The Bertz CT molecular complexity index is 420. The third-order valence-corrected chi connectivity index (χ3v) is 2.09. The Balaban J connectivity index is 2.23. The van der Waals surface area contributed by atoms with Gasteiger partial charge < -0.3 is 10.1 Å². The van der Waals surface area contributed by atoms with Crippen molar-refractivity contribution in [2.24, 2.45) is 0 Å². The number of benzene rings is 1. The van der Waals surface area contributed by atoms with Gasteiger partial charge in [0.25, 0.3) is 0 Å². The molecule has 1 aromatic carbocycles. The standard InChI is InChI=1S/C11H12N2O/c1-8-12-10(11(14)13-8)7-9-5-3-2-4-6-9/h2-6,14H,7H2,1H3,(H,12,13). The molecule has 0 unspecified atom stereocenters. The minimum absolute atomic E-state index is 0.173. The van der Waals surface area contributed by atoms with Crippen molar-refractivity contribution in [1.82, 2.24) is 9.97 Å². The van der Waals surface area contributed by atoms with Crippen LogP contribution in [0.25, 0.3) is 0 Å². The highest BCUT2D eigenvalue weighted by atomic mass is 16.3. The number of imidazole rings is 1. The monoisotopic (exact) mass is 188 g/mol. The Hall–Kier alpha value is -1.77. The van der Waals surface area contributed by atoms with Gasteiger partial charge in [-0.15, -0.1) is 0 Å². The molecule has 0 spiro atoms. The summed E-state index contributed by atoms with van der Waals surface area (Å²) in [7, 11) is 0. The number of aryl methyl sites for hydroxylation is 1. The van der Waals surface area contributed by atoms with Crippen molar-refractivity contribution in [1.29, 1.82) is 0 Å². The van der Waals surface area contributed by atoms with Gasteiger partial charge in [0.05, 0.1) is 0 Å². The number of nitrogens with zero attached hydrogens (tertiary/aromatic N) is 1. The maximum atomic E-state index is 9.47. The van der Waals surface area contributed by atoms with E-state index in [-0.39, 0.29) is 5.88 Å². The van der Waals surface area contributed by atoms with E-state index in [0.29, 0.717) is 12.1 Å². The smallest absolute Gasteiger partial charge is 0.212 e. The number of aromatic hydroxyl groups is 1. The largest absolute Gasteiger partial charge is 0.493 e. The zero-order valence-corrected chi connectivity index (χ0v) is 7.99. The van der Waals surface area contributed by atoms with Crippen LogP contribution in [0.5, 0.6) is 5.88 Å². The molecule has 0 radical (unpaired) electrons. The lowest BCUT2D eigenvalue weighted by Gasteiger charge is -1.97. The molecule has 0 aliphatic carbocycles. The van der Waals surface area contributed by atoms with E-state index >= 15 is 0 Å². The van der Waals surface area contributed by atoms with E-state index in [2.05, 4.69) is 9.97 Å². The van der Waals surface area contributed by atoms with Gasteiger partial charge in [-0.2, -0.15) is 0 Å². The second-order valence-corrected chi connectivity index (χ2v) is 3.28. The predicted octanol–water partition coefficient (Wildman–Crippen LogP) is 2.01. The highest BCUT2D eigenvalue weighted by Crippen LogP contribution is 2.16. The highest BCUT2D eigenvalue weighted by Gasteiger charge is 2.06. The van der Waals surface area contributed by atoms with E-state index in [1.165, 1.54) is 0 Å². The molecule has 0 fully saturated rings. The molecular weight excluding hydrogens is 176 g/mol. The van der Waals surface area contributed by atoms with Gasteiger partial charge in [0, 0.05) is 6.42 Å². The fraction of sp³-hybridized carbons (Fsp3) is 0.182. The van der Waals surface area contributed by atoms with Crippen LogP contribution in [-0.2, 0) is 6.42 Å². The molecule has 0 saturated heterocycles. The molecule has 2 rings (SSSR count). The van der Waals surface area contributed by atoms with Crippen LogP contribution in [0, 0.1) is 6.92 Å². The van der Waals surface area contributed by atoms with Gasteiger partial charge in [-0.1, -0.05) is 30.3 Å². The average Bonchev–Trinajstić information content (AvgIpc) is 2.47. The van der Waals surface area contributed by atoms with Crippen LogP contribution in [0.1, 0.15) is 17.1 Å². The maximum Gasteiger partial charge on any atom is 0.212 e. The molecule has 0 bridgehead atoms. The lowest BCUT2D eigenvalue weighted by atomic mass is 10.1. The van der Waals surface area contributed by atoms with Crippen molar-refractivity contribution in [3.63, 3.8) is 0 Å². The summed E-state index contributed by atoms with van der Waals surface area (Å²) in [5.74, 6) is 0.916. The van der Waals surface area contributed by atoms with Crippen LogP contribution in [0.3, 0.4) is 0 Å². The third kappa shape index (κ3) is 1.76. The van der Waals surface area contributed by atoms with Gasteiger partial charge in [-0.3, -0.25) is 0 Å². The van der Waals surface area contributed by atoms with E-state index in [1.54, 1.807) is 0 Å². The third-order valence-electron chi connectivity index (χ3n) is 2.09. The van der Waals surface area contributed by atoms with Gasteiger partial charge in [-0.05, 0) is 12.5 Å². The quantitative estimate of drug-likeness (QED) is 0.757. The van der Waals surface area contributed by atoms with E-state index in [0.717, 1.165) is 11.4 Å². The van der Waals surface area contributed by atoms with Crippen molar-refractivity contribution in [2.75, 3.05) is 0 Å². The number of hydrogen-bond acceptors (Lipinski definition) is 2. The number of H-pyrrole nitrogens is 1. The van der Waals surface area contributed by atoms with E-state index in [1.807, 2.05) is 37.3 Å². The van der Waals surface area contributed by atoms with Crippen molar-refractivity contribution in [3.8, 4) is 5.88 Å². The summed E-state index contributed by atoms with van der Waals surface area (Å²) in [5, 5.41) is 9.47. The minimum atomic E-state index is 0.173. The molecule has 0 aliphatic rings. The summed E-state index contributed by atoms with van der Waals surface area (Å²) < 4.78 is 0. The first-order chi connectivity index (χ1) is 6.75. The van der Waals surface area contributed by atoms with Crippen molar-refractivity contribution in [2.45, 2.75) is 13.3 Å². The SMILES string of the molecule is Cc1nc(Cc2ccccc2)c(O)[nH]1. The number of aromatic amines is 1. The summed E-state index contributed by atoms with van der Waals surface area (Å²) >= 11 is 0. The van der Waals surface area contributed by atoms with Crippen LogP contribution in [-0.4, -0.2) is 15.1 Å². The lowest BCUT2D eigenvalue weighted by Crippen LogP contribution is -1.88. The van der Waals surface area contributed by atoms with Crippen molar-refractivity contribution < 1.29 is 5.11 Å². The van der Waals surface area contributed by atoms with Crippen LogP contribution < -0.4 is 0 Å². The number of nitrogens with one attached hydrogen (secondary N) is 1. The number of rotatable bonds is 2. The second-order valence-electron chi connectivity index (χ2n) is 3.28. The van der Waals surface area contributed by atoms with Gasteiger partial charge in [-0.25, -0.2) is 4.98 Å². The lowest BCUT2D eigenvalue weighted by molar-refractivity contribution is 0.450. The Labute approximate surface area is 82.4 Å². The molecule has 2 N–H and O–H groups in total. The normalized spacial score (nSPS) is 10.4.